The second-order valence-corrected chi connectivity index (χ2v) is 6.45. The lowest BCUT2D eigenvalue weighted by Gasteiger charge is -2.16. The van der Waals surface area contributed by atoms with Crippen LogP contribution < -0.4 is 5.32 Å². The molecule has 2 unspecified atom stereocenters. The van der Waals surface area contributed by atoms with E-state index in [1.807, 2.05) is 17.8 Å². The van der Waals surface area contributed by atoms with Crippen molar-refractivity contribution in [3.8, 4) is 5.69 Å². The fourth-order valence-electron chi connectivity index (χ4n) is 2.33. The van der Waals surface area contributed by atoms with Gasteiger partial charge < -0.3 is 5.32 Å². The Morgan fingerprint density at radius 3 is 3.00 bits per heavy atom. The molecule has 0 saturated carbocycles. The monoisotopic (exact) mass is 275 g/mol. The maximum absolute atomic E-state index is 3.92. The molecule has 0 aliphatic carbocycles. The van der Waals surface area contributed by atoms with E-state index in [9.17, 15) is 0 Å². The molecule has 0 bridgehead atoms. The second-order valence-electron chi connectivity index (χ2n) is 4.97. The van der Waals surface area contributed by atoms with Crippen molar-refractivity contribution in [1.29, 1.82) is 0 Å². The number of thioether (sulfide) groups is 1. The minimum absolute atomic E-state index is 0.558. The van der Waals surface area contributed by atoms with Crippen molar-refractivity contribution in [3.05, 3.63) is 30.1 Å². The largest absolute Gasteiger partial charge is 0.381 e. The van der Waals surface area contributed by atoms with Gasteiger partial charge in [0.2, 0.25) is 0 Å². The SMILES string of the molecule is Cc1ccc(-n2cnnn2)cc1NC1CSC(C)C1. The molecule has 2 heterocycles. The molecule has 1 aliphatic rings. The summed E-state index contributed by atoms with van der Waals surface area (Å²) in [7, 11) is 0. The van der Waals surface area contributed by atoms with Gasteiger partial charge in [-0.25, -0.2) is 4.68 Å². The van der Waals surface area contributed by atoms with Crippen LogP contribution in [-0.2, 0) is 0 Å². The van der Waals surface area contributed by atoms with Gasteiger partial charge in [0.15, 0.2) is 0 Å². The predicted molar refractivity (Wildman–Crippen MR) is 77.8 cm³/mol. The highest BCUT2D eigenvalue weighted by Gasteiger charge is 2.22. The zero-order chi connectivity index (χ0) is 13.2. The Morgan fingerprint density at radius 1 is 1.42 bits per heavy atom. The molecule has 3 rings (SSSR count). The summed E-state index contributed by atoms with van der Waals surface area (Å²) in [6, 6.07) is 6.80. The van der Waals surface area contributed by atoms with Crippen LogP contribution in [0.3, 0.4) is 0 Å². The van der Waals surface area contributed by atoms with Crippen molar-refractivity contribution in [2.24, 2.45) is 0 Å². The average molecular weight is 275 g/mol. The maximum atomic E-state index is 3.92. The molecule has 0 radical (unpaired) electrons. The molecule has 2 atom stereocenters. The van der Waals surface area contributed by atoms with Gasteiger partial charge in [-0.05, 0) is 41.5 Å². The zero-order valence-electron chi connectivity index (χ0n) is 11.1. The van der Waals surface area contributed by atoms with E-state index in [4.69, 9.17) is 0 Å². The lowest BCUT2D eigenvalue weighted by atomic mass is 10.1. The number of rotatable bonds is 3. The lowest BCUT2D eigenvalue weighted by Crippen LogP contribution is -2.19. The maximum Gasteiger partial charge on any atom is 0.143 e. The molecule has 1 N–H and O–H groups in total. The number of nitrogens with zero attached hydrogens (tertiary/aromatic N) is 4. The van der Waals surface area contributed by atoms with E-state index in [0.717, 1.165) is 10.9 Å². The Balaban J connectivity index is 1.82. The molecule has 1 aliphatic heterocycles. The standard InChI is InChI=1S/C13H17N5S/c1-9-3-4-12(18-8-14-16-17-18)6-13(9)15-11-5-10(2)19-7-11/h3-4,6,8,10-11,15H,5,7H2,1-2H3. The number of aromatic nitrogens is 4. The van der Waals surface area contributed by atoms with E-state index >= 15 is 0 Å². The summed E-state index contributed by atoms with van der Waals surface area (Å²) in [4.78, 5) is 0. The van der Waals surface area contributed by atoms with Gasteiger partial charge in [0, 0.05) is 22.7 Å². The fourth-order valence-corrected chi connectivity index (χ4v) is 3.47. The highest BCUT2D eigenvalue weighted by Crippen LogP contribution is 2.29. The van der Waals surface area contributed by atoms with Crippen LogP contribution in [0.4, 0.5) is 5.69 Å². The third-order valence-corrected chi connectivity index (χ3v) is 4.75. The molecule has 5 nitrogen and oxygen atoms in total. The van der Waals surface area contributed by atoms with Gasteiger partial charge >= 0.3 is 0 Å². The topological polar surface area (TPSA) is 55.6 Å². The quantitative estimate of drug-likeness (QED) is 0.931. The summed E-state index contributed by atoms with van der Waals surface area (Å²) < 4.78 is 1.68. The highest BCUT2D eigenvalue weighted by molar-refractivity contribution is 8.00. The molecule has 0 spiro atoms. The van der Waals surface area contributed by atoms with Gasteiger partial charge in [-0.3, -0.25) is 0 Å². The highest BCUT2D eigenvalue weighted by atomic mass is 32.2. The van der Waals surface area contributed by atoms with Crippen molar-refractivity contribution in [3.63, 3.8) is 0 Å². The van der Waals surface area contributed by atoms with Gasteiger partial charge in [0.1, 0.15) is 6.33 Å². The minimum Gasteiger partial charge on any atom is -0.381 e. The van der Waals surface area contributed by atoms with Gasteiger partial charge in [-0.2, -0.15) is 11.8 Å². The number of hydrogen-bond donors (Lipinski definition) is 1. The number of hydrogen-bond acceptors (Lipinski definition) is 5. The number of nitrogens with one attached hydrogen (secondary N) is 1. The second kappa shape index (κ2) is 5.21. The Morgan fingerprint density at radius 2 is 2.32 bits per heavy atom. The molecule has 0 amide bonds. The molecule has 1 saturated heterocycles. The van der Waals surface area contributed by atoms with Crippen LogP contribution >= 0.6 is 11.8 Å². The van der Waals surface area contributed by atoms with Crippen molar-refractivity contribution >= 4 is 17.4 Å². The summed E-state index contributed by atoms with van der Waals surface area (Å²) in [5.41, 5.74) is 3.41. The van der Waals surface area contributed by atoms with E-state index in [-0.39, 0.29) is 0 Å². The number of tetrazole rings is 1. The first-order chi connectivity index (χ1) is 9.22. The molecular weight excluding hydrogens is 258 g/mol. The summed E-state index contributed by atoms with van der Waals surface area (Å²) in [6.45, 7) is 4.41. The van der Waals surface area contributed by atoms with E-state index in [0.29, 0.717) is 6.04 Å². The minimum atomic E-state index is 0.558. The van der Waals surface area contributed by atoms with Crippen LogP contribution in [-0.4, -0.2) is 37.3 Å². The fraction of sp³-hybridized carbons (Fsp3) is 0.462. The summed E-state index contributed by atoms with van der Waals surface area (Å²) in [5, 5.41) is 15.7. The van der Waals surface area contributed by atoms with Gasteiger partial charge in [-0.1, -0.05) is 13.0 Å². The van der Waals surface area contributed by atoms with Crippen LogP contribution in [0.1, 0.15) is 18.9 Å². The van der Waals surface area contributed by atoms with Crippen LogP contribution in [0, 0.1) is 6.92 Å². The van der Waals surface area contributed by atoms with Crippen molar-refractivity contribution in [2.75, 3.05) is 11.1 Å². The van der Waals surface area contributed by atoms with E-state index in [1.165, 1.54) is 23.4 Å². The van der Waals surface area contributed by atoms with Gasteiger partial charge in [0.25, 0.3) is 0 Å². The van der Waals surface area contributed by atoms with E-state index in [2.05, 4.69) is 46.8 Å². The Bertz CT molecular complexity index is 554. The summed E-state index contributed by atoms with van der Waals surface area (Å²) in [5.74, 6) is 1.18. The van der Waals surface area contributed by atoms with Crippen molar-refractivity contribution in [1.82, 2.24) is 20.2 Å². The number of aryl methyl sites for hydroxylation is 1. The van der Waals surface area contributed by atoms with Crippen LogP contribution in [0.2, 0.25) is 0 Å². The lowest BCUT2D eigenvalue weighted by molar-refractivity contribution is 0.745. The predicted octanol–water partition coefficient (Wildman–Crippen LogP) is 2.28. The number of benzene rings is 1. The smallest absolute Gasteiger partial charge is 0.143 e. The Kier molecular flexibility index (Phi) is 3.42. The normalized spacial score (nSPS) is 22.6. The average Bonchev–Trinajstić information content (AvgIpc) is 3.04. The molecule has 1 aromatic heterocycles. The van der Waals surface area contributed by atoms with Crippen LogP contribution in [0.15, 0.2) is 24.5 Å². The zero-order valence-corrected chi connectivity index (χ0v) is 11.9. The van der Waals surface area contributed by atoms with Gasteiger partial charge in [0.05, 0.1) is 5.69 Å². The molecular formula is C13H17N5S. The van der Waals surface area contributed by atoms with E-state index in [1.54, 1.807) is 11.0 Å². The first kappa shape index (κ1) is 12.5. The van der Waals surface area contributed by atoms with Crippen LogP contribution in [0.25, 0.3) is 5.69 Å². The van der Waals surface area contributed by atoms with Crippen molar-refractivity contribution < 1.29 is 0 Å². The summed E-state index contributed by atoms with van der Waals surface area (Å²) in [6.07, 6.45) is 2.83. The molecule has 1 aromatic carbocycles. The summed E-state index contributed by atoms with van der Waals surface area (Å²) >= 11 is 2.03. The molecule has 1 fully saturated rings. The molecule has 2 aromatic rings. The Hall–Kier alpha value is -1.56. The molecule has 19 heavy (non-hydrogen) atoms. The number of anilines is 1. The van der Waals surface area contributed by atoms with E-state index < -0.39 is 0 Å². The first-order valence-corrected chi connectivity index (χ1v) is 7.49. The third-order valence-electron chi connectivity index (χ3n) is 3.39. The van der Waals surface area contributed by atoms with Crippen molar-refractivity contribution in [2.45, 2.75) is 31.6 Å². The Labute approximate surface area is 116 Å². The van der Waals surface area contributed by atoms with Gasteiger partial charge in [-0.15, -0.1) is 5.10 Å². The first-order valence-electron chi connectivity index (χ1n) is 6.44. The van der Waals surface area contributed by atoms with Crippen LogP contribution in [0.5, 0.6) is 0 Å². The molecule has 100 valence electrons. The molecule has 6 heteroatoms. The third kappa shape index (κ3) is 2.73.